The fourth-order valence-electron chi connectivity index (χ4n) is 4.89. The third kappa shape index (κ3) is 2.52. The summed E-state index contributed by atoms with van der Waals surface area (Å²) in [4.78, 5) is 25.6. The summed E-state index contributed by atoms with van der Waals surface area (Å²) in [5, 5.41) is 9.06. The highest BCUT2D eigenvalue weighted by molar-refractivity contribution is 5.82. The zero-order valence-electron chi connectivity index (χ0n) is 17.0. The van der Waals surface area contributed by atoms with Crippen molar-refractivity contribution in [2.45, 2.75) is 18.9 Å². The first-order valence-electron chi connectivity index (χ1n) is 10.4. The van der Waals surface area contributed by atoms with E-state index in [9.17, 15) is 4.79 Å². The fourth-order valence-corrected chi connectivity index (χ4v) is 4.89. The fraction of sp³-hybridized carbons (Fsp3) is 0.273. The Hall–Kier alpha value is -4.08. The average molecular weight is 427 g/mol. The number of fused-ring (bicyclic) bond motifs is 3. The number of aryl methyl sites for hydroxylation is 1. The van der Waals surface area contributed by atoms with Crippen LogP contribution in [0.5, 0.6) is 0 Å². The molecule has 1 aromatic carbocycles. The highest BCUT2D eigenvalue weighted by Gasteiger charge is 2.55. The molecule has 4 heterocycles. The van der Waals surface area contributed by atoms with Crippen molar-refractivity contribution in [1.29, 1.82) is 0 Å². The molecule has 1 saturated carbocycles. The van der Waals surface area contributed by atoms with Crippen molar-refractivity contribution in [3.63, 3.8) is 0 Å². The van der Waals surface area contributed by atoms with Gasteiger partial charge in [-0.05, 0) is 41.5 Å². The second-order valence-corrected chi connectivity index (χ2v) is 8.49. The molecule has 158 valence electrons. The summed E-state index contributed by atoms with van der Waals surface area (Å²) in [7, 11) is 1.77. The Bertz CT molecular complexity index is 1600. The van der Waals surface area contributed by atoms with E-state index < -0.39 is 0 Å². The molecule has 2 aliphatic rings. The van der Waals surface area contributed by atoms with E-state index in [0.717, 1.165) is 17.4 Å². The smallest absolute Gasteiger partial charge is 0.280 e. The maximum atomic E-state index is 12.7. The minimum Gasteiger partial charge on any atom is -0.356 e. The van der Waals surface area contributed by atoms with E-state index in [1.54, 1.807) is 24.1 Å². The molecular weight excluding hydrogens is 410 g/mol. The molecule has 7 rings (SSSR count). The van der Waals surface area contributed by atoms with Gasteiger partial charge in [0, 0.05) is 18.4 Å². The zero-order valence-corrected chi connectivity index (χ0v) is 17.0. The molecule has 0 saturated heterocycles. The molecule has 4 aromatic heterocycles. The number of aromatic nitrogens is 7. The Balaban J connectivity index is 1.11. The van der Waals surface area contributed by atoms with E-state index in [2.05, 4.69) is 43.5 Å². The predicted molar refractivity (Wildman–Crippen MR) is 112 cm³/mol. The van der Waals surface area contributed by atoms with Crippen molar-refractivity contribution in [2.75, 3.05) is 0 Å². The first-order chi connectivity index (χ1) is 15.7. The zero-order chi connectivity index (χ0) is 21.4. The van der Waals surface area contributed by atoms with Gasteiger partial charge in [-0.25, -0.2) is 9.97 Å². The van der Waals surface area contributed by atoms with Gasteiger partial charge in [-0.3, -0.25) is 9.36 Å². The van der Waals surface area contributed by atoms with Crippen molar-refractivity contribution in [2.24, 2.45) is 18.9 Å². The SMILES string of the molecule is Cn1cnc2ncn(Cc3nc([C@@H]4[C@H]5C=C(c6ccc7oncc7c6)C[C@H]54)no3)c(=O)c21. The van der Waals surface area contributed by atoms with Crippen LogP contribution < -0.4 is 5.56 Å². The van der Waals surface area contributed by atoms with Crippen LogP contribution in [-0.4, -0.2) is 34.4 Å². The van der Waals surface area contributed by atoms with Gasteiger partial charge in [0.2, 0.25) is 5.89 Å². The Labute approximate surface area is 180 Å². The van der Waals surface area contributed by atoms with Crippen LogP contribution in [0, 0.1) is 11.8 Å². The van der Waals surface area contributed by atoms with E-state index >= 15 is 0 Å². The number of imidazole rings is 1. The van der Waals surface area contributed by atoms with Crippen molar-refractivity contribution in [3.05, 3.63) is 70.8 Å². The van der Waals surface area contributed by atoms with Gasteiger partial charge < -0.3 is 13.6 Å². The molecule has 32 heavy (non-hydrogen) atoms. The van der Waals surface area contributed by atoms with Gasteiger partial charge in [-0.15, -0.1) is 0 Å². The lowest BCUT2D eigenvalue weighted by Crippen LogP contribution is -2.22. The summed E-state index contributed by atoms with van der Waals surface area (Å²) in [5.41, 5.74) is 4.03. The largest absolute Gasteiger partial charge is 0.356 e. The molecule has 0 aliphatic heterocycles. The van der Waals surface area contributed by atoms with E-state index in [1.165, 1.54) is 22.0 Å². The summed E-state index contributed by atoms with van der Waals surface area (Å²) in [6.45, 7) is 0.182. The monoisotopic (exact) mass is 427 g/mol. The van der Waals surface area contributed by atoms with Crippen molar-refractivity contribution >= 4 is 27.7 Å². The van der Waals surface area contributed by atoms with Crippen LogP contribution in [-0.2, 0) is 13.6 Å². The quantitative estimate of drug-likeness (QED) is 0.429. The Morgan fingerprint density at radius 1 is 1.19 bits per heavy atom. The highest BCUT2D eigenvalue weighted by Crippen LogP contribution is 2.62. The van der Waals surface area contributed by atoms with Crippen LogP contribution in [0.1, 0.15) is 29.6 Å². The van der Waals surface area contributed by atoms with Crippen LogP contribution in [0.15, 0.2) is 57.0 Å². The lowest BCUT2D eigenvalue weighted by molar-refractivity contribution is 0.364. The van der Waals surface area contributed by atoms with E-state index in [-0.39, 0.29) is 18.0 Å². The molecule has 3 atom stereocenters. The Kier molecular flexibility index (Phi) is 3.42. The second-order valence-electron chi connectivity index (χ2n) is 8.49. The van der Waals surface area contributed by atoms with Crippen LogP contribution in [0.3, 0.4) is 0 Å². The minimum absolute atomic E-state index is 0.182. The van der Waals surface area contributed by atoms with Gasteiger partial charge in [0.15, 0.2) is 22.6 Å². The van der Waals surface area contributed by atoms with Gasteiger partial charge in [0.25, 0.3) is 5.56 Å². The van der Waals surface area contributed by atoms with Gasteiger partial charge in [-0.2, -0.15) is 4.98 Å². The molecule has 0 amide bonds. The van der Waals surface area contributed by atoms with Crippen molar-refractivity contribution in [3.8, 4) is 0 Å². The van der Waals surface area contributed by atoms with Gasteiger partial charge >= 0.3 is 0 Å². The molecule has 0 unspecified atom stereocenters. The number of nitrogens with zero attached hydrogens (tertiary/aromatic N) is 7. The van der Waals surface area contributed by atoms with Crippen LogP contribution in [0.4, 0.5) is 0 Å². The summed E-state index contributed by atoms with van der Waals surface area (Å²) in [5.74, 6) is 2.29. The molecule has 5 aromatic rings. The standard InChI is InChI=1S/C22H17N7O3/c1-28-9-23-21-19(28)22(30)29(10-24-21)8-17-26-20(27-32-17)18-14-5-12(6-15(14)18)11-2-3-16-13(4-11)7-25-31-16/h2-5,7,9-10,14-15,18H,6,8H2,1H3/t14-,15+,18+/m0/s1. The van der Waals surface area contributed by atoms with Gasteiger partial charge in [-0.1, -0.05) is 22.5 Å². The molecule has 0 N–H and O–H groups in total. The molecule has 10 nitrogen and oxygen atoms in total. The van der Waals surface area contributed by atoms with Crippen molar-refractivity contribution in [1.82, 2.24) is 34.4 Å². The summed E-state index contributed by atoms with van der Waals surface area (Å²) >= 11 is 0. The first kappa shape index (κ1) is 17.6. The Morgan fingerprint density at radius 2 is 2.09 bits per heavy atom. The number of benzene rings is 1. The second kappa shape index (κ2) is 6.22. The van der Waals surface area contributed by atoms with Gasteiger partial charge in [0.05, 0.1) is 12.5 Å². The molecule has 0 spiro atoms. The molecule has 0 bridgehead atoms. The van der Waals surface area contributed by atoms with Gasteiger partial charge in [0.1, 0.15) is 12.9 Å². The number of allylic oxidation sites excluding steroid dienone is 2. The highest BCUT2D eigenvalue weighted by atomic mass is 16.5. The number of hydrogen-bond acceptors (Lipinski definition) is 8. The average Bonchev–Trinajstić information content (AvgIpc) is 3.38. The number of rotatable bonds is 4. The summed E-state index contributed by atoms with van der Waals surface area (Å²) in [6, 6.07) is 6.16. The van der Waals surface area contributed by atoms with E-state index in [4.69, 9.17) is 9.05 Å². The summed E-state index contributed by atoms with van der Waals surface area (Å²) in [6.07, 6.45) is 8.09. The first-order valence-corrected chi connectivity index (χ1v) is 10.4. The Morgan fingerprint density at radius 3 is 2.97 bits per heavy atom. The summed E-state index contributed by atoms with van der Waals surface area (Å²) < 4.78 is 13.8. The normalized spacial score (nSPS) is 21.9. The maximum Gasteiger partial charge on any atom is 0.280 e. The lowest BCUT2D eigenvalue weighted by Gasteiger charge is -2.05. The maximum absolute atomic E-state index is 12.7. The predicted octanol–water partition coefficient (Wildman–Crippen LogP) is 2.52. The third-order valence-electron chi connectivity index (χ3n) is 6.59. The minimum atomic E-state index is -0.185. The lowest BCUT2D eigenvalue weighted by atomic mass is 10.00. The molecule has 1 fully saturated rings. The van der Waals surface area contributed by atoms with Crippen LogP contribution in [0.2, 0.25) is 0 Å². The number of hydrogen-bond donors (Lipinski definition) is 0. The van der Waals surface area contributed by atoms with E-state index in [1.807, 2.05) is 6.07 Å². The topological polar surface area (TPSA) is 118 Å². The van der Waals surface area contributed by atoms with Crippen LogP contribution in [0.25, 0.3) is 27.7 Å². The third-order valence-corrected chi connectivity index (χ3v) is 6.59. The molecule has 10 heteroatoms. The van der Waals surface area contributed by atoms with Crippen molar-refractivity contribution < 1.29 is 9.05 Å². The molecule has 0 radical (unpaired) electrons. The molecular formula is C22H17N7O3. The van der Waals surface area contributed by atoms with E-state index in [0.29, 0.717) is 34.7 Å². The van der Waals surface area contributed by atoms with Crippen LogP contribution >= 0.6 is 0 Å². The molecule has 2 aliphatic carbocycles.